The van der Waals surface area contributed by atoms with Gasteiger partial charge in [-0.1, -0.05) is 30.3 Å². The third-order valence-electron chi connectivity index (χ3n) is 3.44. The smallest absolute Gasteiger partial charge is 0.208 e. The number of hydrogen-bond donors (Lipinski definition) is 0. The van der Waals surface area contributed by atoms with Gasteiger partial charge in [-0.25, -0.2) is 4.67 Å². The minimum absolute atomic E-state index is 0.201. The molecule has 15 heavy (non-hydrogen) atoms. The van der Waals surface area contributed by atoms with Crippen LogP contribution in [0.5, 0.6) is 0 Å². The molecule has 0 bridgehead atoms. The van der Waals surface area contributed by atoms with Crippen LogP contribution in [0.15, 0.2) is 30.3 Å². The highest BCUT2D eigenvalue weighted by molar-refractivity contribution is 7.78. The van der Waals surface area contributed by atoms with Crippen molar-refractivity contribution >= 4 is 18.9 Å². The summed E-state index contributed by atoms with van der Waals surface area (Å²) in [7, 11) is -0.885. The Hall–Kier alpha value is -0.140. The summed E-state index contributed by atoms with van der Waals surface area (Å²) < 4.78 is 8.26. The van der Waals surface area contributed by atoms with Crippen LogP contribution in [0.25, 0.3) is 0 Å². The molecular formula is C11H13ClNOP. The number of benzene rings is 1. The van der Waals surface area contributed by atoms with E-state index in [1.165, 1.54) is 12.0 Å². The van der Waals surface area contributed by atoms with Crippen LogP contribution in [0.4, 0.5) is 0 Å². The first-order valence-electron chi connectivity index (χ1n) is 5.19. The Bertz CT molecular complexity index is 374. The number of hydrogen-bond acceptors (Lipinski definition) is 2. The van der Waals surface area contributed by atoms with Crippen molar-refractivity contribution in [2.75, 3.05) is 6.54 Å². The van der Waals surface area contributed by atoms with Gasteiger partial charge in [0.2, 0.25) is 7.65 Å². The topological polar surface area (TPSA) is 12.5 Å². The average molecular weight is 242 g/mol. The van der Waals surface area contributed by atoms with E-state index in [1.54, 1.807) is 0 Å². The maximum atomic E-state index is 6.21. The molecule has 0 spiro atoms. The van der Waals surface area contributed by atoms with Gasteiger partial charge in [0.05, 0.1) is 6.04 Å². The van der Waals surface area contributed by atoms with Gasteiger partial charge in [0.15, 0.2) is 0 Å². The van der Waals surface area contributed by atoms with Crippen molar-refractivity contribution < 1.29 is 4.52 Å². The molecule has 0 radical (unpaired) electrons. The predicted octanol–water partition coefficient (Wildman–Crippen LogP) is 3.47. The highest BCUT2D eigenvalue weighted by atomic mass is 35.7. The quantitative estimate of drug-likeness (QED) is 0.698. The summed E-state index contributed by atoms with van der Waals surface area (Å²) in [5.74, 6) is 0. The van der Waals surface area contributed by atoms with E-state index in [0.29, 0.717) is 6.04 Å². The molecule has 1 aromatic rings. The first-order valence-corrected chi connectivity index (χ1v) is 7.31. The molecule has 2 nitrogen and oxygen atoms in total. The molecule has 80 valence electrons. The molecule has 0 aliphatic carbocycles. The molecule has 1 aromatic carbocycles. The minimum atomic E-state index is -0.885. The molecule has 2 heterocycles. The van der Waals surface area contributed by atoms with Crippen molar-refractivity contribution in [2.45, 2.75) is 25.0 Å². The molecule has 3 atom stereocenters. The first-order chi connectivity index (χ1) is 7.22. The zero-order valence-corrected chi connectivity index (χ0v) is 10.2. The van der Waals surface area contributed by atoms with Crippen LogP contribution in [-0.2, 0) is 10.1 Å². The second kappa shape index (κ2) is 3.43. The fourth-order valence-corrected chi connectivity index (χ4v) is 4.85. The van der Waals surface area contributed by atoms with Gasteiger partial charge >= 0.3 is 0 Å². The first kappa shape index (κ1) is 10.0. The van der Waals surface area contributed by atoms with Gasteiger partial charge in [-0.2, -0.15) is 0 Å². The zero-order valence-electron chi connectivity index (χ0n) is 8.56. The molecule has 0 saturated carbocycles. The third-order valence-corrected chi connectivity index (χ3v) is 5.64. The van der Waals surface area contributed by atoms with Crippen molar-refractivity contribution in [3.8, 4) is 0 Å². The minimum Gasteiger partial charge on any atom is -0.319 e. The molecule has 0 aromatic heterocycles. The van der Waals surface area contributed by atoms with Gasteiger partial charge in [-0.3, -0.25) is 0 Å². The molecule has 4 heteroatoms. The van der Waals surface area contributed by atoms with E-state index in [4.69, 9.17) is 15.8 Å². The lowest BCUT2D eigenvalue weighted by molar-refractivity contribution is 0.0407. The van der Waals surface area contributed by atoms with E-state index >= 15 is 0 Å². The lowest BCUT2D eigenvalue weighted by Crippen LogP contribution is -2.49. The van der Waals surface area contributed by atoms with Gasteiger partial charge in [-0.15, -0.1) is 0 Å². The number of halogens is 1. The van der Waals surface area contributed by atoms with Crippen molar-refractivity contribution in [3.05, 3.63) is 35.9 Å². The molecule has 2 fully saturated rings. The Morgan fingerprint density at radius 3 is 2.73 bits per heavy atom. The summed E-state index contributed by atoms with van der Waals surface area (Å²) in [6, 6.07) is 10.9. The Labute approximate surface area is 95.9 Å². The Kier molecular flexibility index (Phi) is 2.29. The molecular weight excluding hydrogens is 229 g/mol. The summed E-state index contributed by atoms with van der Waals surface area (Å²) in [4.78, 5) is 0. The average Bonchev–Trinajstić information content (AvgIpc) is 2.33. The lowest BCUT2D eigenvalue weighted by Gasteiger charge is -2.40. The van der Waals surface area contributed by atoms with Crippen LogP contribution in [0.3, 0.4) is 0 Å². The molecule has 0 N–H and O–H groups in total. The largest absolute Gasteiger partial charge is 0.319 e. The second-order valence-corrected chi connectivity index (χ2v) is 6.27. The SMILES string of the molecule is C[C@]1(c2ccccc2)OP(Cl)N2CC[C@H]21. The molecule has 3 rings (SSSR count). The van der Waals surface area contributed by atoms with Gasteiger partial charge in [0.1, 0.15) is 5.60 Å². The van der Waals surface area contributed by atoms with Gasteiger partial charge < -0.3 is 4.52 Å². The maximum Gasteiger partial charge on any atom is 0.208 e. The monoisotopic (exact) mass is 241 g/mol. The van der Waals surface area contributed by atoms with E-state index in [-0.39, 0.29) is 5.60 Å². The van der Waals surface area contributed by atoms with Crippen LogP contribution in [0, 0.1) is 0 Å². The molecule has 2 aliphatic rings. The van der Waals surface area contributed by atoms with Crippen molar-refractivity contribution in [1.82, 2.24) is 4.67 Å². The fourth-order valence-electron chi connectivity index (χ4n) is 2.41. The van der Waals surface area contributed by atoms with Crippen LogP contribution < -0.4 is 0 Å². The van der Waals surface area contributed by atoms with Gasteiger partial charge in [0.25, 0.3) is 0 Å². The van der Waals surface area contributed by atoms with Crippen molar-refractivity contribution in [1.29, 1.82) is 0 Å². The summed E-state index contributed by atoms with van der Waals surface area (Å²) >= 11 is 6.21. The van der Waals surface area contributed by atoms with E-state index < -0.39 is 7.65 Å². The van der Waals surface area contributed by atoms with E-state index in [1.807, 2.05) is 6.07 Å². The van der Waals surface area contributed by atoms with E-state index in [2.05, 4.69) is 35.9 Å². The normalized spacial score (nSPS) is 39.9. The fraction of sp³-hybridized carbons (Fsp3) is 0.455. The van der Waals surface area contributed by atoms with Crippen LogP contribution in [-0.4, -0.2) is 17.3 Å². The Morgan fingerprint density at radius 2 is 2.20 bits per heavy atom. The highest BCUT2D eigenvalue weighted by Crippen LogP contribution is 2.66. The van der Waals surface area contributed by atoms with Crippen LogP contribution >= 0.6 is 18.9 Å². The second-order valence-electron chi connectivity index (χ2n) is 4.26. The number of fused-ring (bicyclic) bond motifs is 1. The third kappa shape index (κ3) is 1.36. The lowest BCUT2D eigenvalue weighted by atomic mass is 9.83. The summed E-state index contributed by atoms with van der Waals surface area (Å²) in [6.45, 7) is 3.24. The zero-order chi connectivity index (χ0) is 10.5. The predicted molar refractivity (Wildman–Crippen MR) is 62.8 cm³/mol. The van der Waals surface area contributed by atoms with E-state index in [0.717, 1.165) is 6.54 Å². The molecule has 1 unspecified atom stereocenters. The van der Waals surface area contributed by atoms with Gasteiger partial charge in [-0.05, 0) is 30.1 Å². The van der Waals surface area contributed by atoms with Gasteiger partial charge in [0, 0.05) is 6.54 Å². The van der Waals surface area contributed by atoms with Crippen LogP contribution in [0.2, 0.25) is 0 Å². The highest BCUT2D eigenvalue weighted by Gasteiger charge is 2.55. The van der Waals surface area contributed by atoms with Crippen molar-refractivity contribution in [3.63, 3.8) is 0 Å². The summed E-state index contributed by atoms with van der Waals surface area (Å²) in [5, 5.41) is 0. The number of nitrogens with zero attached hydrogens (tertiary/aromatic N) is 1. The standard InChI is InChI=1S/C11H13ClNOP/c1-11(9-5-3-2-4-6-9)10-7-8-13(10)15(12)14-11/h2-6,10H,7-8H2,1H3/t10-,11+,15?/m0/s1. The molecule has 2 saturated heterocycles. The molecule has 2 aliphatic heterocycles. The number of rotatable bonds is 1. The Morgan fingerprint density at radius 1 is 1.47 bits per heavy atom. The summed E-state index contributed by atoms with van der Waals surface area (Å²) in [6.07, 6.45) is 1.19. The Balaban J connectivity index is 1.98. The van der Waals surface area contributed by atoms with E-state index in [9.17, 15) is 0 Å². The van der Waals surface area contributed by atoms with Crippen molar-refractivity contribution in [2.24, 2.45) is 0 Å². The maximum absolute atomic E-state index is 6.21. The summed E-state index contributed by atoms with van der Waals surface area (Å²) in [5.41, 5.74) is 1.04. The van der Waals surface area contributed by atoms with Crippen LogP contribution in [0.1, 0.15) is 18.9 Å². The molecule has 0 amide bonds.